The van der Waals surface area contributed by atoms with E-state index in [0.717, 1.165) is 13.0 Å². The number of primary amides is 1. The van der Waals surface area contributed by atoms with E-state index in [-0.39, 0.29) is 18.4 Å². The van der Waals surface area contributed by atoms with Gasteiger partial charge in [0, 0.05) is 32.3 Å². The van der Waals surface area contributed by atoms with Crippen LogP contribution < -0.4 is 10.5 Å². The number of nitrogens with two attached hydrogens (primary N) is 1. The summed E-state index contributed by atoms with van der Waals surface area (Å²) in [7, 11) is 0. The van der Waals surface area contributed by atoms with Crippen LogP contribution in [0.1, 0.15) is 41.7 Å². The highest BCUT2D eigenvalue weighted by Gasteiger charge is 2.45. The van der Waals surface area contributed by atoms with Crippen LogP contribution in [0.5, 0.6) is 5.75 Å². The smallest absolute Gasteiger partial charge is 0.257 e. The molecule has 2 aromatic rings. The number of hydrogen-bond donors (Lipinski definition) is 1. The summed E-state index contributed by atoms with van der Waals surface area (Å²) in [6.45, 7) is 2.26. The van der Waals surface area contributed by atoms with Gasteiger partial charge < -0.3 is 20.3 Å². The number of piperidine rings is 1. The number of pyridine rings is 1. The molecular formula is C24H28N4O4. The van der Waals surface area contributed by atoms with E-state index in [0.29, 0.717) is 56.0 Å². The minimum absolute atomic E-state index is 0.142. The number of ether oxygens (including phenoxy) is 1. The van der Waals surface area contributed by atoms with Crippen molar-refractivity contribution in [1.82, 2.24) is 14.8 Å². The first kappa shape index (κ1) is 21.8. The van der Waals surface area contributed by atoms with Crippen molar-refractivity contribution in [2.75, 3.05) is 32.8 Å². The highest BCUT2D eigenvalue weighted by atomic mass is 16.5. The molecule has 8 heteroatoms. The molecule has 3 amide bonds. The van der Waals surface area contributed by atoms with Crippen molar-refractivity contribution in [1.29, 1.82) is 0 Å². The molecule has 0 unspecified atom stereocenters. The Morgan fingerprint density at radius 3 is 2.62 bits per heavy atom. The molecule has 0 spiro atoms. The van der Waals surface area contributed by atoms with Crippen LogP contribution in [-0.2, 0) is 15.0 Å². The number of amides is 3. The zero-order valence-electron chi connectivity index (χ0n) is 18.0. The van der Waals surface area contributed by atoms with Gasteiger partial charge in [-0.05, 0) is 43.5 Å². The second-order valence-electron chi connectivity index (χ2n) is 8.32. The van der Waals surface area contributed by atoms with Crippen LogP contribution in [0.15, 0.2) is 48.7 Å². The van der Waals surface area contributed by atoms with E-state index in [1.165, 1.54) is 0 Å². The first-order valence-corrected chi connectivity index (χ1v) is 11.0. The van der Waals surface area contributed by atoms with E-state index < -0.39 is 11.3 Å². The molecule has 8 nitrogen and oxygen atoms in total. The molecule has 1 aromatic heterocycles. The fraction of sp³-hybridized carbons (Fsp3) is 0.417. The summed E-state index contributed by atoms with van der Waals surface area (Å²) >= 11 is 0. The Morgan fingerprint density at radius 2 is 1.91 bits per heavy atom. The lowest BCUT2D eigenvalue weighted by atomic mass is 9.76. The maximum Gasteiger partial charge on any atom is 0.257 e. The number of carbonyl (C=O) groups is 3. The molecule has 0 saturated carbocycles. The van der Waals surface area contributed by atoms with Crippen molar-refractivity contribution in [3.8, 4) is 5.75 Å². The molecule has 32 heavy (non-hydrogen) atoms. The zero-order chi connectivity index (χ0) is 22.6. The Morgan fingerprint density at radius 1 is 1.09 bits per heavy atom. The average molecular weight is 437 g/mol. The largest absolute Gasteiger partial charge is 0.491 e. The summed E-state index contributed by atoms with van der Waals surface area (Å²) in [5.74, 6) is -0.0755. The maximum atomic E-state index is 13.4. The van der Waals surface area contributed by atoms with Gasteiger partial charge in [-0.25, -0.2) is 0 Å². The van der Waals surface area contributed by atoms with Gasteiger partial charge in [-0.1, -0.05) is 18.2 Å². The Hall–Kier alpha value is -3.42. The predicted octanol–water partition coefficient (Wildman–Crippen LogP) is 1.74. The van der Waals surface area contributed by atoms with Gasteiger partial charge in [0.25, 0.3) is 5.91 Å². The molecule has 168 valence electrons. The number of carbonyl (C=O) groups excluding carboxylic acids is 3. The SMILES string of the molecule is NC(=O)[C@]1(c2ccccn2)CCCN(C(=O)c2ccccc2OCCN2CCCC2=O)C1. The summed E-state index contributed by atoms with van der Waals surface area (Å²) < 4.78 is 5.90. The molecule has 4 rings (SSSR count). The van der Waals surface area contributed by atoms with Crippen molar-refractivity contribution in [2.24, 2.45) is 5.73 Å². The van der Waals surface area contributed by atoms with E-state index in [2.05, 4.69) is 4.98 Å². The summed E-state index contributed by atoms with van der Waals surface area (Å²) in [4.78, 5) is 45.6. The minimum atomic E-state index is -1.01. The quantitative estimate of drug-likeness (QED) is 0.712. The van der Waals surface area contributed by atoms with Gasteiger partial charge in [-0.15, -0.1) is 0 Å². The van der Waals surface area contributed by atoms with Gasteiger partial charge in [0.1, 0.15) is 17.8 Å². The molecule has 0 aliphatic carbocycles. The molecule has 0 radical (unpaired) electrons. The Kier molecular flexibility index (Phi) is 6.39. The third-order valence-electron chi connectivity index (χ3n) is 6.31. The molecule has 3 heterocycles. The van der Waals surface area contributed by atoms with Gasteiger partial charge in [-0.3, -0.25) is 19.4 Å². The zero-order valence-corrected chi connectivity index (χ0v) is 18.0. The first-order chi connectivity index (χ1) is 15.5. The van der Waals surface area contributed by atoms with Crippen molar-refractivity contribution >= 4 is 17.7 Å². The maximum absolute atomic E-state index is 13.4. The molecule has 2 saturated heterocycles. The van der Waals surface area contributed by atoms with Crippen LogP contribution in [0.3, 0.4) is 0 Å². The number of aromatic nitrogens is 1. The fourth-order valence-corrected chi connectivity index (χ4v) is 4.56. The molecule has 2 N–H and O–H groups in total. The molecule has 1 aromatic carbocycles. The number of para-hydroxylation sites is 1. The second-order valence-corrected chi connectivity index (χ2v) is 8.32. The van der Waals surface area contributed by atoms with Crippen LogP contribution in [-0.4, -0.2) is 65.3 Å². The topological polar surface area (TPSA) is 106 Å². The van der Waals surface area contributed by atoms with E-state index in [1.807, 2.05) is 12.1 Å². The minimum Gasteiger partial charge on any atom is -0.491 e. The number of nitrogens with zero attached hydrogens (tertiary/aromatic N) is 3. The van der Waals surface area contributed by atoms with E-state index in [1.54, 1.807) is 46.3 Å². The van der Waals surface area contributed by atoms with Crippen molar-refractivity contribution < 1.29 is 19.1 Å². The highest BCUT2D eigenvalue weighted by Crippen LogP contribution is 2.34. The van der Waals surface area contributed by atoms with Gasteiger partial charge in [0.2, 0.25) is 11.8 Å². The third-order valence-corrected chi connectivity index (χ3v) is 6.31. The van der Waals surface area contributed by atoms with Crippen LogP contribution >= 0.6 is 0 Å². The first-order valence-electron chi connectivity index (χ1n) is 11.0. The van der Waals surface area contributed by atoms with Crippen LogP contribution in [0.4, 0.5) is 0 Å². The monoisotopic (exact) mass is 436 g/mol. The lowest BCUT2D eigenvalue weighted by Gasteiger charge is -2.40. The normalized spacial score (nSPS) is 20.9. The van der Waals surface area contributed by atoms with Gasteiger partial charge in [-0.2, -0.15) is 0 Å². The van der Waals surface area contributed by atoms with Gasteiger partial charge >= 0.3 is 0 Å². The third kappa shape index (κ3) is 4.30. The number of hydrogen-bond acceptors (Lipinski definition) is 5. The van der Waals surface area contributed by atoms with Gasteiger partial charge in [0.15, 0.2) is 0 Å². The second kappa shape index (κ2) is 9.38. The van der Waals surface area contributed by atoms with E-state index >= 15 is 0 Å². The lowest BCUT2D eigenvalue weighted by molar-refractivity contribution is -0.128. The van der Waals surface area contributed by atoms with E-state index in [9.17, 15) is 14.4 Å². The number of benzene rings is 1. The molecule has 1 atom stereocenters. The van der Waals surface area contributed by atoms with Crippen molar-refractivity contribution in [2.45, 2.75) is 31.1 Å². The predicted molar refractivity (Wildman–Crippen MR) is 118 cm³/mol. The average Bonchev–Trinajstić information content (AvgIpc) is 3.24. The molecule has 2 fully saturated rings. The van der Waals surface area contributed by atoms with Crippen LogP contribution in [0, 0.1) is 0 Å². The van der Waals surface area contributed by atoms with Crippen LogP contribution in [0.25, 0.3) is 0 Å². The highest BCUT2D eigenvalue weighted by molar-refractivity contribution is 5.98. The Labute approximate surface area is 187 Å². The van der Waals surface area contributed by atoms with Crippen molar-refractivity contribution in [3.05, 3.63) is 59.9 Å². The Bertz CT molecular complexity index is 997. The summed E-state index contributed by atoms with van der Waals surface area (Å²) in [5, 5.41) is 0. The van der Waals surface area contributed by atoms with Crippen molar-refractivity contribution in [3.63, 3.8) is 0 Å². The molecule has 0 bridgehead atoms. The van der Waals surface area contributed by atoms with Gasteiger partial charge in [0.05, 0.1) is 17.8 Å². The number of likely N-dealkylation sites (tertiary alicyclic amines) is 2. The molecule has 2 aliphatic rings. The summed E-state index contributed by atoms with van der Waals surface area (Å²) in [6.07, 6.45) is 4.29. The fourth-order valence-electron chi connectivity index (χ4n) is 4.56. The lowest BCUT2D eigenvalue weighted by Crippen LogP contribution is -2.55. The van der Waals surface area contributed by atoms with Crippen LogP contribution in [0.2, 0.25) is 0 Å². The molecule has 2 aliphatic heterocycles. The molecular weight excluding hydrogens is 408 g/mol. The standard InChI is InChI=1S/C24H28N4O4/c25-23(31)24(20-9-3-4-12-26-20)11-6-14-28(17-24)22(30)18-7-1-2-8-19(18)32-16-15-27-13-5-10-21(27)29/h1-4,7-9,12H,5-6,10-11,13-17H2,(H2,25,31)/t24-/m1/s1. The number of rotatable bonds is 7. The summed E-state index contributed by atoms with van der Waals surface area (Å²) in [6, 6.07) is 12.5. The van der Waals surface area contributed by atoms with E-state index in [4.69, 9.17) is 10.5 Å². The summed E-state index contributed by atoms with van der Waals surface area (Å²) in [5.41, 5.74) is 5.84. The Balaban J connectivity index is 1.50.